The van der Waals surface area contributed by atoms with Crippen LogP contribution >= 0.6 is 0 Å². The van der Waals surface area contributed by atoms with Crippen LogP contribution in [0.15, 0.2) is 5.16 Å². The van der Waals surface area contributed by atoms with Crippen LogP contribution in [0.5, 0.6) is 0 Å². The van der Waals surface area contributed by atoms with Crippen LogP contribution in [0.2, 0.25) is 0 Å². The second kappa shape index (κ2) is 5.91. The normalized spacial score (nSPS) is 33.3. The zero-order valence-electron chi connectivity index (χ0n) is 11.7. The van der Waals surface area contributed by atoms with E-state index in [2.05, 4.69) is 17.0 Å². The van der Waals surface area contributed by atoms with Crippen molar-refractivity contribution in [3.63, 3.8) is 0 Å². The Morgan fingerprint density at radius 1 is 1.44 bits per heavy atom. The summed E-state index contributed by atoms with van der Waals surface area (Å²) in [6.45, 7) is 7.38. The van der Waals surface area contributed by atoms with Gasteiger partial charge in [-0.1, -0.05) is 25.4 Å². The molecule has 0 aromatic rings. The standard InChI is InChI=1S/C14H27N3O/c1-3-17(8-10(2)14(15)16-18)9-13-7-11-4-5-12(13)6-11/h10-13,18H,3-9H2,1-2H3,(H2,15,16). The lowest BCUT2D eigenvalue weighted by Crippen LogP contribution is -2.38. The quantitative estimate of drug-likeness (QED) is 0.330. The predicted octanol–water partition coefficient (Wildman–Crippen LogP) is 2.13. The molecule has 0 heterocycles. The number of nitrogens with zero attached hydrogens (tertiary/aromatic N) is 2. The van der Waals surface area contributed by atoms with Gasteiger partial charge in [0.2, 0.25) is 0 Å². The van der Waals surface area contributed by atoms with Crippen LogP contribution in [0.25, 0.3) is 0 Å². The predicted molar refractivity (Wildman–Crippen MR) is 73.6 cm³/mol. The molecule has 0 saturated heterocycles. The zero-order chi connectivity index (χ0) is 13.1. The zero-order valence-corrected chi connectivity index (χ0v) is 11.7. The minimum absolute atomic E-state index is 0.133. The Morgan fingerprint density at radius 2 is 2.22 bits per heavy atom. The first kappa shape index (κ1) is 13.7. The van der Waals surface area contributed by atoms with Gasteiger partial charge in [0.15, 0.2) is 0 Å². The van der Waals surface area contributed by atoms with Crippen molar-refractivity contribution < 1.29 is 5.21 Å². The van der Waals surface area contributed by atoms with Gasteiger partial charge >= 0.3 is 0 Å². The summed E-state index contributed by atoms with van der Waals surface area (Å²) in [6.07, 6.45) is 5.81. The number of hydrogen-bond acceptors (Lipinski definition) is 3. The maximum Gasteiger partial charge on any atom is 0.143 e. The number of oxime groups is 1. The smallest absolute Gasteiger partial charge is 0.143 e. The summed E-state index contributed by atoms with van der Waals surface area (Å²) >= 11 is 0. The second-order valence-electron chi connectivity index (χ2n) is 6.21. The maximum absolute atomic E-state index is 8.71. The van der Waals surface area contributed by atoms with Crippen molar-refractivity contribution >= 4 is 5.84 Å². The molecule has 18 heavy (non-hydrogen) atoms. The molecule has 0 spiro atoms. The molecule has 2 fully saturated rings. The molecule has 2 rings (SSSR count). The van der Waals surface area contributed by atoms with E-state index in [-0.39, 0.29) is 5.92 Å². The van der Waals surface area contributed by atoms with E-state index in [9.17, 15) is 0 Å². The lowest BCUT2D eigenvalue weighted by Gasteiger charge is -2.30. The summed E-state index contributed by atoms with van der Waals surface area (Å²) in [5.41, 5.74) is 5.66. The van der Waals surface area contributed by atoms with Crippen LogP contribution in [0, 0.1) is 23.7 Å². The molecule has 0 aromatic carbocycles. The molecule has 104 valence electrons. The Balaban J connectivity index is 1.82. The van der Waals surface area contributed by atoms with E-state index in [1.807, 2.05) is 6.92 Å². The number of rotatable bonds is 6. The van der Waals surface area contributed by atoms with Crippen LogP contribution in [-0.2, 0) is 0 Å². The first-order chi connectivity index (χ1) is 8.63. The Hall–Kier alpha value is -0.770. The molecule has 2 bridgehead atoms. The molecule has 4 unspecified atom stereocenters. The van der Waals surface area contributed by atoms with Gasteiger partial charge < -0.3 is 15.8 Å². The van der Waals surface area contributed by atoms with Crippen LogP contribution in [0.1, 0.15) is 39.5 Å². The third kappa shape index (κ3) is 2.97. The molecule has 2 saturated carbocycles. The van der Waals surface area contributed by atoms with Gasteiger partial charge in [-0.05, 0) is 43.6 Å². The number of amidine groups is 1. The summed E-state index contributed by atoms with van der Waals surface area (Å²) in [4.78, 5) is 2.47. The Bertz CT molecular complexity index is 305. The van der Waals surface area contributed by atoms with Crippen molar-refractivity contribution in [2.24, 2.45) is 34.6 Å². The molecule has 0 aromatic heterocycles. The van der Waals surface area contributed by atoms with E-state index in [0.29, 0.717) is 5.84 Å². The minimum atomic E-state index is 0.133. The highest BCUT2D eigenvalue weighted by molar-refractivity contribution is 5.82. The maximum atomic E-state index is 8.71. The van der Waals surface area contributed by atoms with Gasteiger partial charge in [0, 0.05) is 19.0 Å². The third-order valence-corrected chi connectivity index (χ3v) is 4.98. The molecule has 2 aliphatic rings. The van der Waals surface area contributed by atoms with E-state index >= 15 is 0 Å². The van der Waals surface area contributed by atoms with Crippen molar-refractivity contribution in [1.29, 1.82) is 0 Å². The van der Waals surface area contributed by atoms with E-state index in [0.717, 1.165) is 30.8 Å². The van der Waals surface area contributed by atoms with Crippen molar-refractivity contribution in [1.82, 2.24) is 4.90 Å². The fourth-order valence-corrected chi connectivity index (χ4v) is 3.84. The average Bonchev–Trinajstić information content (AvgIpc) is 2.98. The van der Waals surface area contributed by atoms with Crippen molar-refractivity contribution in [2.75, 3.05) is 19.6 Å². The molecule has 0 aliphatic heterocycles. The molecule has 4 heteroatoms. The number of hydrogen-bond donors (Lipinski definition) is 2. The molecule has 0 amide bonds. The SMILES string of the molecule is CCN(CC(C)C(N)=NO)CC1CC2CCC1C2. The van der Waals surface area contributed by atoms with E-state index in [1.54, 1.807) is 0 Å². The largest absolute Gasteiger partial charge is 0.409 e. The van der Waals surface area contributed by atoms with Crippen molar-refractivity contribution in [3.05, 3.63) is 0 Å². The first-order valence-electron chi connectivity index (χ1n) is 7.33. The summed E-state index contributed by atoms with van der Waals surface area (Å²) in [7, 11) is 0. The molecule has 2 aliphatic carbocycles. The Morgan fingerprint density at radius 3 is 2.72 bits per heavy atom. The minimum Gasteiger partial charge on any atom is -0.409 e. The molecule has 0 radical (unpaired) electrons. The number of nitrogens with two attached hydrogens (primary N) is 1. The van der Waals surface area contributed by atoms with Gasteiger partial charge in [0.1, 0.15) is 5.84 Å². The highest BCUT2D eigenvalue weighted by atomic mass is 16.4. The van der Waals surface area contributed by atoms with Crippen LogP contribution in [-0.4, -0.2) is 35.6 Å². The van der Waals surface area contributed by atoms with Crippen LogP contribution in [0.3, 0.4) is 0 Å². The highest BCUT2D eigenvalue weighted by Crippen LogP contribution is 2.48. The van der Waals surface area contributed by atoms with Crippen LogP contribution < -0.4 is 5.73 Å². The molecular weight excluding hydrogens is 226 g/mol. The fraction of sp³-hybridized carbons (Fsp3) is 0.929. The van der Waals surface area contributed by atoms with E-state index in [4.69, 9.17) is 10.9 Å². The Kier molecular flexibility index (Phi) is 4.49. The molecule has 4 atom stereocenters. The summed E-state index contributed by atoms with van der Waals surface area (Å²) in [5, 5.41) is 11.8. The lowest BCUT2D eigenvalue weighted by atomic mass is 9.88. The first-order valence-corrected chi connectivity index (χ1v) is 7.33. The number of fused-ring (bicyclic) bond motifs is 2. The van der Waals surface area contributed by atoms with Gasteiger partial charge in [0.05, 0.1) is 0 Å². The summed E-state index contributed by atoms with van der Waals surface area (Å²) < 4.78 is 0. The van der Waals surface area contributed by atoms with Gasteiger partial charge in [-0.25, -0.2) is 0 Å². The van der Waals surface area contributed by atoms with Crippen molar-refractivity contribution in [3.8, 4) is 0 Å². The second-order valence-corrected chi connectivity index (χ2v) is 6.21. The highest BCUT2D eigenvalue weighted by Gasteiger charge is 2.39. The van der Waals surface area contributed by atoms with Gasteiger partial charge in [-0.15, -0.1) is 0 Å². The molecular formula is C14H27N3O. The molecule has 4 nitrogen and oxygen atoms in total. The van der Waals surface area contributed by atoms with E-state index < -0.39 is 0 Å². The summed E-state index contributed by atoms with van der Waals surface area (Å²) in [6, 6.07) is 0. The average molecular weight is 253 g/mol. The van der Waals surface area contributed by atoms with E-state index in [1.165, 1.54) is 32.2 Å². The monoisotopic (exact) mass is 253 g/mol. The fourth-order valence-electron chi connectivity index (χ4n) is 3.84. The van der Waals surface area contributed by atoms with Gasteiger partial charge in [-0.3, -0.25) is 0 Å². The van der Waals surface area contributed by atoms with Gasteiger partial charge in [-0.2, -0.15) is 0 Å². The van der Waals surface area contributed by atoms with Crippen molar-refractivity contribution in [2.45, 2.75) is 39.5 Å². The third-order valence-electron chi connectivity index (χ3n) is 4.98. The molecule has 3 N–H and O–H groups in total. The lowest BCUT2D eigenvalue weighted by molar-refractivity contribution is 0.187. The summed E-state index contributed by atoms with van der Waals surface area (Å²) in [5.74, 6) is 3.36. The van der Waals surface area contributed by atoms with Gasteiger partial charge in [0.25, 0.3) is 0 Å². The topological polar surface area (TPSA) is 61.8 Å². The Labute approximate surface area is 110 Å². The van der Waals surface area contributed by atoms with Crippen LogP contribution in [0.4, 0.5) is 0 Å².